The molecule has 0 unspecified atom stereocenters. The van der Waals surface area contributed by atoms with Crippen molar-refractivity contribution in [3.05, 3.63) is 58.1 Å². The van der Waals surface area contributed by atoms with Crippen LogP contribution in [0, 0.1) is 0 Å². The van der Waals surface area contributed by atoms with Crippen molar-refractivity contribution in [2.75, 3.05) is 13.4 Å². The van der Waals surface area contributed by atoms with Crippen molar-refractivity contribution in [1.82, 2.24) is 0 Å². The van der Waals surface area contributed by atoms with E-state index in [1.807, 2.05) is 0 Å². The summed E-state index contributed by atoms with van der Waals surface area (Å²) in [6.07, 6.45) is 1.03. The van der Waals surface area contributed by atoms with Crippen LogP contribution < -0.4 is 4.74 Å². The molecule has 26 heavy (non-hydrogen) atoms. The molecule has 0 aliphatic carbocycles. The Bertz CT molecular complexity index is 966. The van der Waals surface area contributed by atoms with Crippen molar-refractivity contribution in [1.29, 1.82) is 0 Å². The fourth-order valence-corrected chi connectivity index (χ4v) is 3.06. The lowest BCUT2D eigenvalue weighted by Crippen LogP contribution is -2.09. The number of carbonyl (C=O) groups is 2. The van der Waals surface area contributed by atoms with Crippen LogP contribution in [0.1, 0.15) is 33.2 Å². The standard InChI is InChI=1S/C18H17ClO6S/c1-11(20)12-4-7-17(24-2)13(8-12)10-25-18(21)15-9-14(26(3,22)23)5-6-16(15)19/h4-9H,10H2,1-3H3. The first kappa shape index (κ1) is 19.9. The van der Waals surface area contributed by atoms with Crippen molar-refractivity contribution >= 4 is 33.2 Å². The van der Waals surface area contributed by atoms with Crippen LogP contribution in [0.2, 0.25) is 5.02 Å². The molecule has 0 saturated carbocycles. The molecule has 0 amide bonds. The zero-order valence-electron chi connectivity index (χ0n) is 14.4. The van der Waals surface area contributed by atoms with Gasteiger partial charge in [0.15, 0.2) is 15.6 Å². The van der Waals surface area contributed by atoms with Crippen molar-refractivity contribution < 1.29 is 27.5 Å². The Labute approximate surface area is 156 Å². The SMILES string of the molecule is COc1ccc(C(C)=O)cc1COC(=O)c1cc(S(C)(=O)=O)ccc1Cl. The normalized spacial score (nSPS) is 11.1. The number of sulfone groups is 1. The molecule has 2 aromatic carbocycles. The third kappa shape index (κ3) is 4.62. The minimum absolute atomic E-state index is 0.0370. The van der Waals surface area contributed by atoms with Gasteiger partial charge >= 0.3 is 5.97 Å². The Balaban J connectivity index is 2.27. The number of hydrogen-bond donors (Lipinski definition) is 0. The lowest BCUT2D eigenvalue weighted by atomic mass is 10.1. The summed E-state index contributed by atoms with van der Waals surface area (Å²) in [5.41, 5.74) is 0.897. The average molecular weight is 397 g/mol. The average Bonchev–Trinajstić information content (AvgIpc) is 2.58. The molecule has 0 saturated heterocycles. The minimum Gasteiger partial charge on any atom is -0.496 e. The first-order valence-electron chi connectivity index (χ1n) is 7.48. The maximum Gasteiger partial charge on any atom is 0.340 e. The first-order chi connectivity index (χ1) is 12.1. The second-order valence-corrected chi connectivity index (χ2v) is 8.00. The summed E-state index contributed by atoms with van der Waals surface area (Å²) in [6.45, 7) is 1.26. The van der Waals surface area contributed by atoms with Crippen molar-refractivity contribution in [3.63, 3.8) is 0 Å². The van der Waals surface area contributed by atoms with Gasteiger partial charge in [-0.05, 0) is 43.3 Å². The maximum atomic E-state index is 12.3. The number of esters is 1. The summed E-state index contributed by atoms with van der Waals surface area (Å²) in [5, 5.41) is 0.0758. The summed E-state index contributed by atoms with van der Waals surface area (Å²) in [6, 6.07) is 8.60. The molecule has 0 aliphatic rings. The number of Topliss-reactive ketones (excluding diaryl/α,β-unsaturated/α-hetero) is 1. The highest BCUT2D eigenvalue weighted by molar-refractivity contribution is 7.90. The number of benzene rings is 2. The van der Waals surface area contributed by atoms with Gasteiger partial charge in [0, 0.05) is 17.4 Å². The molecule has 0 bridgehead atoms. The second-order valence-electron chi connectivity index (χ2n) is 5.57. The van der Waals surface area contributed by atoms with E-state index in [-0.39, 0.29) is 27.9 Å². The van der Waals surface area contributed by atoms with E-state index < -0.39 is 15.8 Å². The van der Waals surface area contributed by atoms with Gasteiger partial charge in [-0.1, -0.05) is 11.6 Å². The van der Waals surface area contributed by atoms with Gasteiger partial charge in [0.05, 0.1) is 22.6 Å². The predicted octanol–water partition coefficient (Wildman–Crippen LogP) is 3.31. The molecular weight excluding hydrogens is 380 g/mol. The Kier molecular flexibility index (Phi) is 6.05. The summed E-state index contributed by atoms with van der Waals surface area (Å²) in [4.78, 5) is 23.8. The molecule has 0 aromatic heterocycles. The van der Waals surface area contributed by atoms with Gasteiger partial charge in [-0.3, -0.25) is 4.79 Å². The molecule has 8 heteroatoms. The molecule has 2 aromatic rings. The number of halogens is 1. The van der Waals surface area contributed by atoms with E-state index in [1.165, 1.54) is 32.2 Å². The van der Waals surface area contributed by atoms with Crippen LogP contribution in [0.25, 0.3) is 0 Å². The van der Waals surface area contributed by atoms with Crippen molar-refractivity contribution in [2.24, 2.45) is 0 Å². The highest BCUT2D eigenvalue weighted by Crippen LogP contribution is 2.24. The third-order valence-electron chi connectivity index (χ3n) is 3.63. The quantitative estimate of drug-likeness (QED) is 0.550. The van der Waals surface area contributed by atoms with Gasteiger partial charge in [0.2, 0.25) is 0 Å². The van der Waals surface area contributed by atoms with Crippen LogP contribution in [0.15, 0.2) is 41.3 Å². The van der Waals surface area contributed by atoms with Crippen LogP contribution in [-0.4, -0.2) is 33.5 Å². The number of rotatable bonds is 6. The zero-order valence-corrected chi connectivity index (χ0v) is 16.0. The van der Waals surface area contributed by atoms with E-state index in [0.29, 0.717) is 16.9 Å². The van der Waals surface area contributed by atoms with Crippen LogP contribution in [0.5, 0.6) is 5.75 Å². The van der Waals surface area contributed by atoms with Crippen LogP contribution in [-0.2, 0) is 21.2 Å². The highest BCUT2D eigenvalue weighted by Gasteiger charge is 2.18. The Hall–Kier alpha value is -2.38. The number of ketones is 1. The van der Waals surface area contributed by atoms with E-state index in [0.717, 1.165) is 6.26 Å². The lowest BCUT2D eigenvalue weighted by Gasteiger charge is -2.11. The Morgan fingerprint density at radius 2 is 1.81 bits per heavy atom. The molecule has 0 aliphatic heterocycles. The fourth-order valence-electron chi connectivity index (χ4n) is 2.22. The maximum absolute atomic E-state index is 12.3. The minimum atomic E-state index is -3.49. The summed E-state index contributed by atoms with van der Waals surface area (Å²) in [7, 11) is -2.03. The molecule has 0 heterocycles. The predicted molar refractivity (Wildman–Crippen MR) is 96.7 cm³/mol. The summed E-state index contributed by atoms with van der Waals surface area (Å²) < 4.78 is 33.7. The van der Waals surface area contributed by atoms with E-state index in [4.69, 9.17) is 21.1 Å². The third-order valence-corrected chi connectivity index (χ3v) is 5.07. The monoisotopic (exact) mass is 396 g/mol. The molecule has 0 atom stereocenters. The highest BCUT2D eigenvalue weighted by atomic mass is 35.5. The number of carbonyl (C=O) groups excluding carboxylic acids is 2. The fraction of sp³-hybridized carbons (Fsp3) is 0.222. The first-order valence-corrected chi connectivity index (χ1v) is 9.75. The van der Waals surface area contributed by atoms with E-state index in [1.54, 1.807) is 18.2 Å². The van der Waals surface area contributed by atoms with Gasteiger partial charge in [0.25, 0.3) is 0 Å². The van der Waals surface area contributed by atoms with Crippen LogP contribution in [0.4, 0.5) is 0 Å². The molecule has 138 valence electrons. The van der Waals surface area contributed by atoms with Gasteiger partial charge in [-0.25, -0.2) is 13.2 Å². The van der Waals surface area contributed by atoms with Gasteiger partial charge in [-0.15, -0.1) is 0 Å². The second kappa shape index (κ2) is 7.88. The Morgan fingerprint density at radius 1 is 1.12 bits per heavy atom. The van der Waals surface area contributed by atoms with Gasteiger partial charge in [0.1, 0.15) is 12.4 Å². The van der Waals surface area contributed by atoms with Gasteiger partial charge < -0.3 is 9.47 Å². The number of methoxy groups -OCH3 is 1. The molecule has 0 spiro atoms. The lowest BCUT2D eigenvalue weighted by molar-refractivity contribution is 0.0470. The molecule has 0 radical (unpaired) electrons. The van der Waals surface area contributed by atoms with E-state index >= 15 is 0 Å². The number of hydrogen-bond acceptors (Lipinski definition) is 6. The van der Waals surface area contributed by atoms with Crippen LogP contribution in [0.3, 0.4) is 0 Å². The Morgan fingerprint density at radius 3 is 2.38 bits per heavy atom. The van der Waals surface area contributed by atoms with E-state index in [9.17, 15) is 18.0 Å². The van der Waals surface area contributed by atoms with Crippen molar-refractivity contribution in [3.8, 4) is 5.75 Å². The number of ether oxygens (including phenoxy) is 2. The largest absolute Gasteiger partial charge is 0.496 e. The molecule has 0 N–H and O–H groups in total. The van der Waals surface area contributed by atoms with Crippen LogP contribution >= 0.6 is 11.6 Å². The van der Waals surface area contributed by atoms with Gasteiger partial charge in [-0.2, -0.15) is 0 Å². The molecule has 2 rings (SSSR count). The van der Waals surface area contributed by atoms with E-state index in [2.05, 4.69) is 0 Å². The topological polar surface area (TPSA) is 86.7 Å². The molecular formula is C18H17ClO6S. The molecule has 0 fully saturated rings. The summed E-state index contributed by atoms with van der Waals surface area (Å²) >= 11 is 5.98. The summed E-state index contributed by atoms with van der Waals surface area (Å²) in [5.74, 6) is -0.460. The van der Waals surface area contributed by atoms with Crippen molar-refractivity contribution in [2.45, 2.75) is 18.4 Å². The molecule has 6 nitrogen and oxygen atoms in total. The zero-order chi connectivity index (χ0) is 19.5. The smallest absolute Gasteiger partial charge is 0.340 e.